The van der Waals surface area contributed by atoms with Crippen molar-refractivity contribution in [3.8, 4) is 0 Å². The Labute approximate surface area is 135 Å². The second kappa shape index (κ2) is 4.82. The molecule has 3 unspecified atom stereocenters. The monoisotopic (exact) mass is 304 g/mol. The second-order valence-corrected chi connectivity index (χ2v) is 9.56. The number of ketones is 1. The number of carbonyl (C=O) groups is 1. The first-order chi connectivity index (χ1) is 10.4. The number of hydrogen-bond donors (Lipinski definition) is 1. The molecule has 0 aliphatic heterocycles. The highest BCUT2D eigenvalue weighted by atomic mass is 16.3. The quantitative estimate of drug-likeness (QED) is 0.728. The summed E-state index contributed by atoms with van der Waals surface area (Å²) in [6.45, 7) is 6.96. The Kier molecular flexibility index (Phi) is 3.32. The van der Waals surface area contributed by atoms with Crippen LogP contribution in [0.1, 0.15) is 72.1 Å². The molecule has 0 spiro atoms. The van der Waals surface area contributed by atoms with E-state index in [1.54, 1.807) is 0 Å². The highest BCUT2D eigenvalue weighted by Gasteiger charge is 2.60. The Hall–Kier alpha value is -0.370. The Morgan fingerprint density at radius 2 is 1.86 bits per heavy atom. The molecule has 4 aliphatic rings. The van der Waals surface area contributed by atoms with Gasteiger partial charge in [0, 0.05) is 11.8 Å². The fourth-order valence-electron chi connectivity index (χ4n) is 7.27. The van der Waals surface area contributed by atoms with Crippen molar-refractivity contribution >= 4 is 5.78 Å². The van der Waals surface area contributed by atoms with E-state index in [1.807, 2.05) is 0 Å². The van der Waals surface area contributed by atoms with E-state index in [4.69, 9.17) is 0 Å². The molecule has 0 aromatic heterocycles. The number of fused-ring (bicyclic) bond motifs is 5. The van der Waals surface area contributed by atoms with Gasteiger partial charge in [-0.3, -0.25) is 4.79 Å². The number of hydrogen-bond acceptors (Lipinski definition) is 2. The van der Waals surface area contributed by atoms with Crippen LogP contribution >= 0.6 is 0 Å². The van der Waals surface area contributed by atoms with Gasteiger partial charge >= 0.3 is 0 Å². The van der Waals surface area contributed by atoms with Gasteiger partial charge in [0.15, 0.2) is 0 Å². The number of Topliss-reactive ketones (excluding diaryl/α,β-unsaturated/α-hetero) is 1. The van der Waals surface area contributed by atoms with Gasteiger partial charge in [-0.2, -0.15) is 0 Å². The number of aliphatic hydroxyl groups is 1. The zero-order valence-electron chi connectivity index (χ0n) is 14.5. The second-order valence-electron chi connectivity index (χ2n) is 9.56. The van der Waals surface area contributed by atoms with Crippen LogP contribution in [0.3, 0.4) is 0 Å². The molecule has 0 saturated heterocycles. The minimum atomic E-state index is -0.112. The van der Waals surface area contributed by atoms with E-state index >= 15 is 0 Å². The molecule has 4 saturated carbocycles. The molecule has 0 heterocycles. The lowest BCUT2D eigenvalue weighted by Gasteiger charge is -2.60. The Morgan fingerprint density at radius 1 is 1.09 bits per heavy atom. The summed E-state index contributed by atoms with van der Waals surface area (Å²) in [5.41, 5.74) is 0.312. The van der Waals surface area contributed by atoms with Crippen molar-refractivity contribution < 1.29 is 9.90 Å². The van der Waals surface area contributed by atoms with Crippen molar-refractivity contribution in [2.75, 3.05) is 0 Å². The zero-order chi connectivity index (χ0) is 15.7. The molecular weight excluding hydrogens is 272 g/mol. The van der Waals surface area contributed by atoms with E-state index in [0.717, 1.165) is 43.4 Å². The zero-order valence-corrected chi connectivity index (χ0v) is 14.5. The molecule has 2 nitrogen and oxygen atoms in total. The summed E-state index contributed by atoms with van der Waals surface area (Å²) >= 11 is 0. The smallest absolute Gasteiger partial charge is 0.139 e. The number of aliphatic hydroxyl groups excluding tert-OH is 1. The molecule has 0 bridgehead atoms. The first-order valence-electron chi connectivity index (χ1n) is 9.57. The van der Waals surface area contributed by atoms with Gasteiger partial charge in [-0.05, 0) is 80.0 Å². The molecule has 22 heavy (non-hydrogen) atoms. The topological polar surface area (TPSA) is 37.3 Å². The summed E-state index contributed by atoms with van der Waals surface area (Å²) in [5.74, 6) is 3.93. The Balaban J connectivity index is 1.65. The molecular formula is C20H32O2. The SMILES string of the molecule is CC1CC2CC[C@@H]3[C@@H](CC[C@]4(C)C(=O)CC[C@@H]34)[C@@]2(C)CC1O. The summed E-state index contributed by atoms with van der Waals surface area (Å²) in [5, 5.41) is 10.5. The molecule has 0 amide bonds. The average Bonchev–Trinajstić information content (AvgIpc) is 2.77. The number of carbonyl (C=O) groups excluding carboxylic acids is 1. The van der Waals surface area contributed by atoms with E-state index in [9.17, 15) is 9.90 Å². The lowest BCUT2D eigenvalue weighted by Crippen LogP contribution is -2.55. The van der Waals surface area contributed by atoms with Crippen LogP contribution in [0.15, 0.2) is 0 Å². The summed E-state index contributed by atoms with van der Waals surface area (Å²) in [7, 11) is 0. The minimum Gasteiger partial charge on any atom is -0.393 e. The fourth-order valence-corrected chi connectivity index (χ4v) is 7.27. The first kappa shape index (κ1) is 15.2. The highest BCUT2D eigenvalue weighted by molar-refractivity contribution is 5.87. The Bertz CT molecular complexity index is 486. The van der Waals surface area contributed by atoms with Crippen LogP contribution in [0, 0.1) is 40.4 Å². The summed E-state index contributed by atoms with van der Waals surface area (Å²) in [6, 6.07) is 0. The summed E-state index contributed by atoms with van der Waals surface area (Å²) in [4.78, 5) is 12.4. The molecule has 2 heteroatoms. The average molecular weight is 304 g/mol. The maximum Gasteiger partial charge on any atom is 0.139 e. The van der Waals surface area contributed by atoms with E-state index in [-0.39, 0.29) is 11.5 Å². The first-order valence-corrected chi connectivity index (χ1v) is 9.57. The molecule has 0 radical (unpaired) electrons. The maximum atomic E-state index is 12.4. The van der Waals surface area contributed by atoms with Crippen molar-refractivity contribution in [3.63, 3.8) is 0 Å². The Morgan fingerprint density at radius 3 is 2.64 bits per heavy atom. The lowest BCUT2D eigenvalue weighted by atomic mass is 9.44. The normalized spacial score (nSPS) is 57.9. The van der Waals surface area contributed by atoms with Crippen LogP contribution in [0.25, 0.3) is 0 Å². The molecule has 0 aromatic carbocycles. The van der Waals surface area contributed by atoms with Gasteiger partial charge < -0.3 is 5.11 Å². The van der Waals surface area contributed by atoms with Gasteiger partial charge in [-0.1, -0.05) is 20.8 Å². The van der Waals surface area contributed by atoms with Crippen molar-refractivity contribution in [3.05, 3.63) is 0 Å². The predicted molar refractivity (Wildman–Crippen MR) is 87.3 cm³/mol. The summed E-state index contributed by atoms with van der Waals surface area (Å²) in [6.07, 6.45) is 9.04. The van der Waals surface area contributed by atoms with Crippen molar-refractivity contribution in [1.29, 1.82) is 0 Å². The predicted octanol–water partition coefficient (Wildman–Crippen LogP) is 4.21. The van der Waals surface area contributed by atoms with E-state index < -0.39 is 0 Å². The van der Waals surface area contributed by atoms with Gasteiger partial charge in [0.25, 0.3) is 0 Å². The molecule has 124 valence electrons. The maximum absolute atomic E-state index is 12.4. The van der Waals surface area contributed by atoms with Gasteiger partial charge in [0.2, 0.25) is 0 Å². The van der Waals surface area contributed by atoms with Gasteiger partial charge in [0.1, 0.15) is 5.78 Å². The van der Waals surface area contributed by atoms with Crippen LogP contribution in [-0.2, 0) is 4.79 Å². The van der Waals surface area contributed by atoms with E-state index in [1.165, 1.54) is 25.7 Å². The molecule has 1 N–H and O–H groups in total. The van der Waals surface area contributed by atoms with Crippen molar-refractivity contribution in [1.82, 2.24) is 0 Å². The largest absolute Gasteiger partial charge is 0.393 e. The van der Waals surface area contributed by atoms with Crippen LogP contribution in [0.5, 0.6) is 0 Å². The van der Waals surface area contributed by atoms with E-state index in [0.29, 0.717) is 23.0 Å². The number of rotatable bonds is 0. The van der Waals surface area contributed by atoms with Gasteiger partial charge in [-0.15, -0.1) is 0 Å². The minimum absolute atomic E-state index is 0.00899. The molecule has 0 aromatic rings. The summed E-state index contributed by atoms with van der Waals surface area (Å²) < 4.78 is 0. The highest BCUT2D eigenvalue weighted by Crippen LogP contribution is 2.65. The third kappa shape index (κ3) is 1.85. The third-order valence-corrected chi connectivity index (χ3v) is 8.74. The van der Waals surface area contributed by atoms with Gasteiger partial charge in [0.05, 0.1) is 6.10 Å². The van der Waals surface area contributed by atoms with Crippen LogP contribution in [-0.4, -0.2) is 17.0 Å². The fraction of sp³-hybridized carbons (Fsp3) is 0.950. The standard InChI is InChI=1S/C20H32O2/c1-12-10-13-4-5-14-15-6-7-18(22)19(15,2)9-8-16(14)20(13,3)11-17(12)21/h12-17,21H,4-11H2,1-3H3/t12?,13?,14-,15-,16+,17?,19-,20-/m0/s1. The van der Waals surface area contributed by atoms with Gasteiger partial charge in [-0.25, -0.2) is 0 Å². The lowest BCUT2D eigenvalue weighted by molar-refractivity contribution is -0.149. The van der Waals surface area contributed by atoms with Crippen molar-refractivity contribution in [2.24, 2.45) is 40.4 Å². The van der Waals surface area contributed by atoms with Crippen molar-refractivity contribution in [2.45, 2.75) is 78.2 Å². The van der Waals surface area contributed by atoms with Crippen LogP contribution in [0.4, 0.5) is 0 Å². The van der Waals surface area contributed by atoms with E-state index in [2.05, 4.69) is 20.8 Å². The molecule has 4 rings (SSSR count). The molecule has 4 fully saturated rings. The van der Waals surface area contributed by atoms with Crippen LogP contribution in [0.2, 0.25) is 0 Å². The van der Waals surface area contributed by atoms with Crippen LogP contribution < -0.4 is 0 Å². The molecule has 8 atom stereocenters. The third-order valence-electron chi connectivity index (χ3n) is 8.74. The molecule has 4 aliphatic carbocycles.